The van der Waals surface area contributed by atoms with Gasteiger partial charge in [0.1, 0.15) is 0 Å². The minimum absolute atomic E-state index is 0.106. The lowest BCUT2D eigenvalue weighted by Gasteiger charge is -2.21. The third-order valence-electron chi connectivity index (χ3n) is 5.30. The molecule has 1 amide bonds. The number of nitrogens with one attached hydrogen (secondary N) is 1. The van der Waals surface area contributed by atoms with E-state index in [0.717, 1.165) is 52.3 Å². The number of fused-ring (bicyclic) bond motifs is 2. The van der Waals surface area contributed by atoms with Gasteiger partial charge >= 0.3 is 0 Å². The number of nitrogens with zero attached hydrogens (tertiary/aromatic N) is 2. The van der Waals surface area contributed by atoms with Gasteiger partial charge in [0, 0.05) is 54.6 Å². The van der Waals surface area contributed by atoms with E-state index >= 15 is 0 Å². The lowest BCUT2D eigenvalue weighted by Crippen LogP contribution is -2.28. The van der Waals surface area contributed by atoms with E-state index in [9.17, 15) is 4.79 Å². The number of hydrogen-bond donors (Lipinski definition) is 1. The van der Waals surface area contributed by atoms with E-state index in [4.69, 9.17) is 26.1 Å². The molecular weight excluding hydrogens is 390 g/mol. The zero-order valence-electron chi connectivity index (χ0n) is 15.8. The molecule has 2 aliphatic heterocycles. The van der Waals surface area contributed by atoms with Crippen LogP contribution >= 0.6 is 11.6 Å². The van der Waals surface area contributed by atoms with E-state index < -0.39 is 0 Å². The Morgan fingerprint density at radius 2 is 1.86 bits per heavy atom. The second kappa shape index (κ2) is 7.54. The van der Waals surface area contributed by atoms with Crippen LogP contribution in [0, 0.1) is 0 Å². The molecule has 0 saturated carbocycles. The van der Waals surface area contributed by atoms with Gasteiger partial charge in [0.2, 0.25) is 12.7 Å². The van der Waals surface area contributed by atoms with Gasteiger partial charge in [-0.05, 0) is 29.8 Å². The number of ether oxygens (including phenoxy) is 2. The van der Waals surface area contributed by atoms with Crippen molar-refractivity contribution in [3.8, 4) is 22.8 Å². The van der Waals surface area contributed by atoms with Gasteiger partial charge in [0.25, 0.3) is 0 Å². The fraction of sp³-hybridized carbons (Fsp3) is 0.273. The summed E-state index contributed by atoms with van der Waals surface area (Å²) in [4.78, 5) is 18.9. The Balaban J connectivity index is 1.59. The lowest BCUT2D eigenvalue weighted by atomic mass is 10.0. The summed E-state index contributed by atoms with van der Waals surface area (Å²) in [7, 11) is 0. The number of aromatic nitrogens is 1. The van der Waals surface area contributed by atoms with Crippen LogP contribution < -0.4 is 14.8 Å². The Bertz CT molecular complexity index is 1080. The van der Waals surface area contributed by atoms with Gasteiger partial charge < -0.3 is 14.8 Å². The molecule has 0 bridgehead atoms. The Hall–Kier alpha value is -2.83. The van der Waals surface area contributed by atoms with Gasteiger partial charge in [-0.1, -0.05) is 23.7 Å². The smallest absolute Gasteiger partial charge is 0.231 e. The minimum Gasteiger partial charge on any atom is -0.454 e. The highest BCUT2D eigenvalue weighted by Gasteiger charge is 2.19. The molecule has 2 aromatic carbocycles. The monoisotopic (exact) mass is 409 g/mol. The molecule has 29 heavy (non-hydrogen) atoms. The molecule has 5 rings (SSSR count). The summed E-state index contributed by atoms with van der Waals surface area (Å²) >= 11 is 6.09. The molecule has 2 aliphatic rings. The number of halogens is 1. The van der Waals surface area contributed by atoms with Crippen LogP contribution in [0.5, 0.6) is 11.5 Å². The van der Waals surface area contributed by atoms with Gasteiger partial charge in [0.05, 0.1) is 11.2 Å². The van der Waals surface area contributed by atoms with Crippen LogP contribution in [0.2, 0.25) is 5.02 Å². The minimum atomic E-state index is 0.106. The molecule has 148 valence electrons. The maximum absolute atomic E-state index is 11.7. The summed E-state index contributed by atoms with van der Waals surface area (Å²) in [6.07, 6.45) is 0.510. The van der Waals surface area contributed by atoms with Crippen molar-refractivity contribution in [2.75, 3.05) is 26.4 Å². The number of amides is 1. The zero-order chi connectivity index (χ0) is 19.8. The Morgan fingerprint density at radius 3 is 2.69 bits per heavy atom. The summed E-state index contributed by atoms with van der Waals surface area (Å²) in [5.74, 6) is 1.57. The third kappa shape index (κ3) is 3.73. The van der Waals surface area contributed by atoms with Crippen LogP contribution in [0.25, 0.3) is 22.2 Å². The van der Waals surface area contributed by atoms with E-state index in [1.54, 1.807) is 0 Å². The summed E-state index contributed by atoms with van der Waals surface area (Å²) in [5, 5.41) is 4.63. The van der Waals surface area contributed by atoms with Gasteiger partial charge in [-0.2, -0.15) is 0 Å². The first-order valence-electron chi connectivity index (χ1n) is 9.64. The van der Waals surface area contributed by atoms with Gasteiger partial charge in [-0.3, -0.25) is 9.69 Å². The quantitative estimate of drug-likeness (QED) is 0.716. The average Bonchev–Trinajstić information content (AvgIpc) is 3.07. The van der Waals surface area contributed by atoms with E-state index in [2.05, 4.69) is 16.3 Å². The van der Waals surface area contributed by atoms with Gasteiger partial charge in [-0.15, -0.1) is 0 Å². The number of pyridine rings is 1. The average molecular weight is 410 g/mol. The normalized spacial score (nSPS) is 16.7. The summed E-state index contributed by atoms with van der Waals surface area (Å²) in [6.45, 7) is 3.15. The summed E-state index contributed by atoms with van der Waals surface area (Å²) in [5.41, 5.74) is 3.88. The summed E-state index contributed by atoms with van der Waals surface area (Å²) in [6, 6.07) is 13.8. The van der Waals surface area contributed by atoms with Crippen LogP contribution in [0.15, 0.2) is 42.5 Å². The van der Waals surface area contributed by atoms with E-state index in [-0.39, 0.29) is 12.7 Å². The fourth-order valence-corrected chi connectivity index (χ4v) is 3.92. The molecule has 6 nitrogen and oxygen atoms in total. The van der Waals surface area contributed by atoms with E-state index in [1.165, 1.54) is 0 Å². The number of rotatable bonds is 3. The predicted molar refractivity (Wildman–Crippen MR) is 111 cm³/mol. The maximum atomic E-state index is 11.7. The molecular formula is C22H20ClN3O3. The number of carbonyl (C=O) groups is 1. The first-order valence-corrected chi connectivity index (χ1v) is 10.0. The molecule has 1 N–H and O–H groups in total. The number of carbonyl (C=O) groups excluding carboxylic acids is 1. The van der Waals surface area contributed by atoms with Crippen molar-refractivity contribution in [2.45, 2.75) is 13.0 Å². The molecule has 0 radical (unpaired) electrons. The largest absolute Gasteiger partial charge is 0.454 e. The molecule has 0 spiro atoms. The second-order valence-corrected chi connectivity index (χ2v) is 7.71. The van der Waals surface area contributed by atoms with Crippen molar-refractivity contribution in [2.24, 2.45) is 0 Å². The van der Waals surface area contributed by atoms with Gasteiger partial charge in [-0.25, -0.2) is 4.98 Å². The van der Waals surface area contributed by atoms with Crippen LogP contribution in [-0.2, 0) is 11.3 Å². The Kier molecular flexibility index (Phi) is 4.73. The van der Waals surface area contributed by atoms with Crippen molar-refractivity contribution >= 4 is 28.4 Å². The van der Waals surface area contributed by atoms with Crippen molar-refractivity contribution < 1.29 is 14.3 Å². The van der Waals surface area contributed by atoms with Gasteiger partial charge in [0.15, 0.2) is 11.5 Å². The number of benzene rings is 2. The molecule has 7 heteroatoms. The molecule has 0 atom stereocenters. The standard InChI is InChI=1S/C22H20ClN3O3/c23-17-3-1-14(2-4-17)22-16(12-26-7-5-21(27)24-6-8-26)9-15-10-19-20(29-13-28-19)11-18(15)25-22/h1-4,9-11H,5-8,12-13H2,(H,24,27). The lowest BCUT2D eigenvalue weighted by molar-refractivity contribution is -0.120. The highest BCUT2D eigenvalue weighted by atomic mass is 35.5. The molecule has 0 unspecified atom stereocenters. The third-order valence-corrected chi connectivity index (χ3v) is 5.56. The highest BCUT2D eigenvalue weighted by Crippen LogP contribution is 2.37. The van der Waals surface area contributed by atoms with Crippen LogP contribution in [0.1, 0.15) is 12.0 Å². The first-order chi connectivity index (χ1) is 14.2. The Morgan fingerprint density at radius 1 is 1.07 bits per heavy atom. The predicted octanol–water partition coefficient (Wildman–Crippen LogP) is 3.61. The SMILES string of the molecule is O=C1CCN(Cc2cc3cc4c(cc3nc2-c2ccc(Cl)cc2)OCO4)CCN1. The van der Waals surface area contributed by atoms with Crippen LogP contribution in [-0.4, -0.2) is 42.2 Å². The Labute approximate surface area is 173 Å². The molecule has 1 saturated heterocycles. The molecule has 1 fully saturated rings. The van der Waals surface area contributed by atoms with Crippen molar-refractivity contribution in [3.05, 3.63) is 53.1 Å². The molecule has 3 heterocycles. The summed E-state index contributed by atoms with van der Waals surface area (Å²) < 4.78 is 11.0. The van der Waals surface area contributed by atoms with Crippen molar-refractivity contribution in [1.82, 2.24) is 15.2 Å². The van der Waals surface area contributed by atoms with Crippen LogP contribution in [0.3, 0.4) is 0 Å². The van der Waals surface area contributed by atoms with E-state index in [0.29, 0.717) is 24.5 Å². The molecule has 3 aromatic rings. The molecule has 0 aliphatic carbocycles. The second-order valence-electron chi connectivity index (χ2n) is 7.28. The first kappa shape index (κ1) is 18.2. The topological polar surface area (TPSA) is 63.7 Å². The maximum Gasteiger partial charge on any atom is 0.231 e. The van der Waals surface area contributed by atoms with Crippen molar-refractivity contribution in [1.29, 1.82) is 0 Å². The number of hydrogen-bond acceptors (Lipinski definition) is 5. The van der Waals surface area contributed by atoms with E-state index in [1.807, 2.05) is 36.4 Å². The zero-order valence-corrected chi connectivity index (χ0v) is 16.5. The van der Waals surface area contributed by atoms with Crippen molar-refractivity contribution in [3.63, 3.8) is 0 Å². The fourth-order valence-electron chi connectivity index (χ4n) is 3.80. The molecule has 1 aromatic heterocycles. The highest BCUT2D eigenvalue weighted by molar-refractivity contribution is 6.30. The van der Waals surface area contributed by atoms with Crippen LogP contribution in [0.4, 0.5) is 0 Å².